The molecule has 0 bridgehead atoms. The molecule has 2 rings (SSSR count). The van der Waals surface area contributed by atoms with Gasteiger partial charge in [0.2, 0.25) is 5.95 Å². The number of nitrogens with zero attached hydrogens (tertiary/aromatic N) is 3. The molecule has 1 aliphatic carbocycles. The lowest BCUT2D eigenvalue weighted by Crippen LogP contribution is -2.35. The molecular weight excluding hydrogens is 230 g/mol. The molecule has 0 aliphatic heterocycles. The van der Waals surface area contributed by atoms with Crippen LogP contribution in [0.25, 0.3) is 0 Å². The van der Waals surface area contributed by atoms with Gasteiger partial charge in [-0.25, -0.2) is 14.8 Å². The van der Waals surface area contributed by atoms with Crippen LogP contribution in [0.5, 0.6) is 0 Å². The first-order valence-electron chi connectivity index (χ1n) is 6.47. The van der Waals surface area contributed by atoms with Crippen LogP contribution in [0.15, 0.2) is 6.07 Å². The fourth-order valence-electron chi connectivity index (χ4n) is 2.57. The molecule has 1 fully saturated rings. The number of aromatic carboxylic acids is 1. The van der Waals surface area contributed by atoms with E-state index in [-0.39, 0.29) is 5.69 Å². The van der Waals surface area contributed by atoms with Crippen LogP contribution < -0.4 is 4.90 Å². The van der Waals surface area contributed by atoms with Crippen LogP contribution in [0.1, 0.15) is 48.8 Å². The van der Waals surface area contributed by atoms with Crippen molar-refractivity contribution < 1.29 is 9.90 Å². The lowest BCUT2D eigenvalue weighted by molar-refractivity contribution is 0.0690. The number of hydrogen-bond acceptors (Lipinski definition) is 4. The second kappa shape index (κ2) is 5.33. The molecule has 5 heteroatoms. The third kappa shape index (κ3) is 2.60. The number of anilines is 1. The maximum atomic E-state index is 11.0. The van der Waals surface area contributed by atoms with Crippen molar-refractivity contribution in [3.63, 3.8) is 0 Å². The molecule has 0 unspecified atom stereocenters. The molecule has 5 nitrogen and oxygen atoms in total. The van der Waals surface area contributed by atoms with E-state index >= 15 is 0 Å². The van der Waals surface area contributed by atoms with E-state index in [4.69, 9.17) is 5.11 Å². The summed E-state index contributed by atoms with van der Waals surface area (Å²) in [7, 11) is 0. The van der Waals surface area contributed by atoms with Crippen molar-refractivity contribution in [1.29, 1.82) is 0 Å². The summed E-state index contributed by atoms with van der Waals surface area (Å²) in [4.78, 5) is 21.7. The van der Waals surface area contributed by atoms with Gasteiger partial charge in [-0.1, -0.05) is 12.8 Å². The minimum Gasteiger partial charge on any atom is -0.477 e. The fourth-order valence-corrected chi connectivity index (χ4v) is 2.57. The molecule has 0 saturated heterocycles. The SMILES string of the molecule is CCN(c1nc(C)cc(C(=O)O)n1)C1CCCC1. The van der Waals surface area contributed by atoms with Crippen molar-refractivity contribution >= 4 is 11.9 Å². The van der Waals surface area contributed by atoms with Gasteiger partial charge in [-0.2, -0.15) is 0 Å². The molecule has 0 aromatic carbocycles. The third-order valence-electron chi connectivity index (χ3n) is 3.42. The molecular formula is C13H19N3O2. The predicted molar refractivity (Wildman–Crippen MR) is 69.0 cm³/mol. The largest absolute Gasteiger partial charge is 0.477 e. The molecule has 1 aliphatic rings. The number of rotatable bonds is 4. The molecule has 0 radical (unpaired) electrons. The predicted octanol–water partition coefficient (Wildman–Crippen LogP) is 2.25. The van der Waals surface area contributed by atoms with Gasteiger partial charge in [-0.3, -0.25) is 0 Å². The molecule has 98 valence electrons. The summed E-state index contributed by atoms with van der Waals surface area (Å²) in [5.74, 6) is -0.439. The molecule has 1 N–H and O–H groups in total. The first-order chi connectivity index (χ1) is 8.61. The Morgan fingerprint density at radius 2 is 2.11 bits per heavy atom. The van der Waals surface area contributed by atoms with Crippen LogP contribution in [-0.2, 0) is 0 Å². The van der Waals surface area contributed by atoms with Gasteiger partial charge in [0.25, 0.3) is 0 Å². The Kier molecular flexibility index (Phi) is 3.79. The molecule has 18 heavy (non-hydrogen) atoms. The standard InChI is InChI=1S/C13H19N3O2/c1-3-16(10-6-4-5-7-10)13-14-9(2)8-11(15-13)12(17)18/h8,10H,3-7H2,1-2H3,(H,17,18). The first-order valence-corrected chi connectivity index (χ1v) is 6.47. The third-order valence-corrected chi connectivity index (χ3v) is 3.42. The fraction of sp³-hybridized carbons (Fsp3) is 0.615. The highest BCUT2D eigenvalue weighted by atomic mass is 16.4. The van der Waals surface area contributed by atoms with Crippen molar-refractivity contribution in [2.75, 3.05) is 11.4 Å². The highest BCUT2D eigenvalue weighted by Gasteiger charge is 2.24. The lowest BCUT2D eigenvalue weighted by atomic mass is 10.2. The van der Waals surface area contributed by atoms with Crippen molar-refractivity contribution in [3.8, 4) is 0 Å². The zero-order chi connectivity index (χ0) is 13.1. The van der Waals surface area contributed by atoms with E-state index < -0.39 is 5.97 Å². The molecule has 1 saturated carbocycles. The number of carbonyl (C=O) groups is 1. The van der Waals surface area contributed by atoms with Crippen LogP contribution in [0.3, 0.4) is 0 Å². The van der Waals surface area contributed by atoms with Gasteiger partial charge in [-0.15, -0.1) is 0 Å². The molecule has 1 heterocycles. The maximum absolute atomic E-state index is 11.0. The Morgan fingerprint density at radius 3 is 2.67 bits per heavy atom. The molecule has 1 aromatic rings. The van der Waals surface area contributed by atoms with Crippen LogP contribution >= 0.6 is 0 Å². The molecule has 0 atom stereocenters. The smallest absolute Gasteiger partial charge is 0.354 e. The van der Waals surface area contributed by atoms with Crippen LogP contribution in [-0.4, -0.2) is 33.6 Å². The van der Waals surface area contributed by atoms with E-state index in [1.165, 1.54) is 18.9 Å². The molecule has 0 spiro atoms. The number of carboxylic acids is 1. The summed E-state index contributed by atoms with van der Waals surface area (Å²) < 4.78 is 0. The monoisotopic (exact) mass is 249 g/mol. The topological polar surface area (TPSA) is 66.3 Å². The van der Waals surface area contributed by atoms with Crippen LogP contribution in [0, 0.1) is 6.92 Å². The Labute approximate surface area is 107 Å². The van der Waals surface area contributed by atoms with Gasteiger partial charge in [0.15, 0.2) is 5.69 Å². The lowest BCUT2D eigenvalue weighted by Gasteiger charge is -2.27. The second-order valence-corrected chi connectivity index (χ2v) is 4.72. The summed E-state index contributed by atoms with van der Waals surface area (Å²) in [6, 6.07) is 1.97. The van der Waals surface area contributed by atoms with Crippen molar-refractivity contribution in [2.24, 2.45) is 0 Å². The number of aryl methyl sites for hydroxylation is 1. The van der Waals surface area contributed by atoms with E-state index in [9.17, 15) is 4.79 Å². The first kappa shape index (κ1) is 12.8. The summed E-state index contributed by atoms with van der Waals surface area (Å²) in [5.41, 5.74) is 0.780. The van der Waals surface area contributed by atoms with E-state index in [0.29, 0.717) is 17.7 Å². The second-order valence-electron chi connectivity index (χ2n) is 4.72. The van der Waals surface area contributed by atoms with E-state index in [1.54, 1.807) is 6.92 Å². The normalized spacial score (nSPS) is 15.9. The van der Waals surface area contributed by atoms with E-state index in [0.717, 1.165) is 19.4 Å². The van der Waals surface area contributed by atoms with Gasteiger partial charge in [-0.05, 0) is 32.8 Å². The Balaban J connectivity index is 2.32. The van der Waals surface area contributed by atoms with Crippen molar-refractivity contribution in [3.05, 3.63) is 17.5 Å². The van der Waals surface area contributed by atoms with Crippen molar-refractivity contribution in [1.82, 2.24) is 9.97 Å². The number of carboxylic acid groups (broad SMARTS) is 1. The summed E-state index contributed by atoms with van der Waals surface area (Å²) in [5, 5.41) is 9.04. The number of hydrogen-bond donors (Lipinski definition) is 1. The van der Waals surface area contributed by atoms with E-state index in [1.807, 2.05) is 0 Å². The Hall–Kier alpha value is -1.65. The maximum Gasteiger partial charge on any atom is 0.354 e. The zero-order valence-corrected chi connectivity index (χ0v) is 10.9. The minimum atomic E-state index is -0.996. The average molecular weight is 249 g/mol. The zero-order valence-electron chi connectivity index (χ0n) is 10.9. The van der Waals surface area contributed by atoms with Gasteiger partial charge in [0.05, 0.1) is 0 Å². The summed E-state index contributed by atoms with van der Waals surface area (Å²) in [6.07, 6.45) is 4.76. The average Bonchev–Trinajstić information content (AvgIpc) is 2.83. The van der Waals surface area contributed by atoms with Gasteiger partial charge in [0.1, 0.15) is 0 Å². The van der Waals surface area contributed by atoms with Gasteiger partial charge >= 0.3 is 5.97 Å². The quantitative estimate of drug-likeness (QED) is 0.886. The van der Waals surface area contributed by atoms with Crippen LogP contribution in [0.4, 0.5) is 5.95 Å². The van der Waals surface area contributed by atoms with Gasteiger partial charge in [0, 0.05) is 18.3 Å². The minimum absolute atomic E-state index is 0.0777. The Morgan fingerprint density at radius 1 is 1.44 bits per heavy atom. The molecule has 0 amide bonds. The molecule has 1 aromatic heterocycles. The summed E-state index contributed by atoms with van der Waals surface area (Å²) >= 11 is 0. The highest BCUT2D eigenvalue weighted by Crippen LogP contribution is 2.26. The van der Waals surface area contributed by atoms with E-state index in [2.05, 4.69) is 21.8 Å². The van der Waals surface area contributed by atoms with Gasteiger partial charge < -0.3 is 10.0 Å². The van der Waals surface area contributed by atoms with Crippen LogP contribution in [0.2, 0.25) is 0 Å². The highest BCUT2D eigenvalue weighted by molar-refractivity contribution is 5.85. The summed E-state index contributed by atoms with van der Waals surface area (Å²) in [6.45, 7) is 4.68. The van der Waals surface area contributed by atoms with Crippen molar-refractivity contribution in [2.45, 2.75) is 45.6 Å². The Bertz CT molecular complexity index is 442. The number of aromatic nitrogens is 2.